The van der Waals surface area contributed by atoms with E-state index < -0.39 is 23.6 Å². The Morgan fingerprint density at radius 3 is 2.47 bits per heavy atom. The number of imide groups is 1. The molecule has 1 aliphatic rings. The van der Waals surface area contributed by atoms with Crippen molar-refractivity contribution in [2.24, 2.45) is 0 Å². The Balaban J connectivity index is 1.79. The van der Waals surface area contributed by atoms with Crippen LogP contribution in [0.5, 0.6) is 5.75 Å². The van der Waals surface area contributed by atoms with E-state index in [0.717, 1.165) is 34.9 Å². The Morgan fingerprint density at radius 2 is 1.78 bits per heavy atom. The van der Waals surface area contributed by atoms with Gasteiger partial charge in [0.15, 0.2) is 0 Å². The highest BCUT2D eigenvalue weighted by atomic mass is 32.2. The standard InChI is InChI=1S/C23H16F3NO4S/c1-30-18-10-3-2-9-17(18)19-20(32-13-16-8-5-11-31-16)22(29)27(21(19)28)15-7-4-6-14(12-15)23(24,25)26/h2-12H,13H2,1H3. The number of amides is 2. The van der Waals surface area contributed by atoms with E-state index in [0.29, 0.717) is 17.1 Å². The van der Waals surface area contributed by atoms with Gasteiger partial charge in [-0.15, -0.1) is 11.8 Å². The van der Waals surface area contributed by atoms with Crippen LogP contribution >= 0.6 is 11.8 Å². The largest absolute Gasteiger partial charge is 0.496 e. The van der Waals surface area contributed by atoms with E-state index in [2.05, 4.69) is 0 Å². The van der Waals surface area contributed by atoms with Gasteiger partial charge in [-0.05, 0) is 36.4 Å². The molecule has 32 heavy (non-hydrogen) atoms. The fourth-order valence-corrected chi connectivity index (χ4v) is 4.33. The Hall–Kier alpha value is -3.46. The molecule has 0 aliphatic carbocycles. The number of ether oxygens (including phenoxy) is 1. The normalized spacial score (nSPS) is 14.4. The van der Waals surface area contributed by atoms with Crippen LogP contribution < -0.4 is 9.64 Å². The molecule has 4 rings (SSSR count). The van der Waals surface area contributed by atoms with E-state index in [1.54, 1.807) is 36.4 Å². The van der Waals surface area contributed by atoms with Gasteiger partial charge >= 0.3 is 6.18 Å². The average Bonchev–Trinajstić information content (AvgIpc) is 3.37. The van der Waals surface area contributed by atoms with Gasteiger partial charge in [0.1, 0.15) is 11.5 Å². The van der Waals surface area contributed by atoms with Gasteiger partial charge in [-0.3, -0.25) is 9.59 Å². The predicted octanol–water partition coefficient (Wildman–Crippen LogP) is 5.52. The number of benzene rings is 2. The molecule has 0 saturated heterocycles. The van der Waals surface area contributed by atoms with Gasteiger partial charge in [0.25, 0.3) is 11.8 Å². The monoisotopic (exact) mass is 459 g/mol. The lowest BCUT2D eigenvalue weighted by molar-refractivity contribution is -0.137. The van der Waals surface area contributed by atoms with Gasteiger partial charge in [0.05, 0.1) is 40.9 Å². The highest BCUT2D eigenvalue weighted by molar-refractivity contribution is 8.03. The van der Waals surface area contributed by atoms with Crippen molar-refractivity contribution in [1.29, 1.82) is 0 Å². The number of thioether (sulfide) groups is 1. The third-order valence-electron chi connectivity index (χ3n) is 4.79. The SMILES string of the molecule is COc1ccccc1C1=C(SCc2ccco2)C(=O)N(c2cccc(C(F)(F)F)c2)C1=O. The van der Waals surface area contributed by atoms with Gasteiger partial charge in [-0.2, -0.15) is 13.2 Å². The number of carbonyl (C=O) groups excluding carboxylic acids is 2. The Kier molecular flexibility index (Phi) is 5.84. The second-order valence-corrected chi connectivity index (χ2v) is 7.75. The zero-order valence-corrected chi connectivity index (χ0v) is 17.5. The van der Waals surface area contributed by atoms with Crippen molar-refractivity contribution in [2.45, 2.75) is 11.9 Å². The van der Waals surface area contributed by atoms with Crippen molar-refractivity contribution in [3.05, 3.63) is 88.7 Å². The summed E-state index contributed by atoms with van der Waals surface area (Å²) in [5, 5.41) is 0. The third kappa shape index (κ3) is 4.03. The molecule has 0 fully saturated rings. The topological polar surface area (TPSA) is 59.8 Å². The summed E-state index contributed by atoms with van der Waals surface area (Å²) in [5.74, 6) is -0.214. The van der Waals surface area contributed by atoms with Crippen LogP contribution in [0.1, 0.15) is 16.9 Å². The number of nitrogens with zero attached hydrogens (tertiary/aromatic N) is 1. The van der Waals surface area contributed by atoms with Crippen molar-refractivity contribution in [3.63, 3.8) is 0 Å². The minimum absolute atomic E-state index is 0.0708. The molecule has 1 aromatic heterocycles. The zero-order valence-electron chi connectivity index (χ0n) is 16.7. The maximum absolute atomic E-state index is 13.4. The summed E-state index contributed by atoms with van der Waals surface area (Å²) in [6.45, 7) is 0. The number of alkyl halides is 3. The summed E-state index contributed by atoms with van der Waals surface area (Å²) in [5.41, 5.74) is -0.659. The van der Waals surface area contributed by atoms with Crippen molar-refractivity contribution < 1.29 is 31.9 Å². The van der Waals surface area contributed by atoms with Crippen LogP contribution in [-0.2, 0) is 21.5 Å². The van der Waals surface area contributed by atoms with Crippen molar-refractivity contribution in [2.75, 3.05) is 12.0 Å². The molecule has 0 radical (unpaired) electrons. The Morgan fingerprint density at radius 1 is 1.00 bits per heavy atom. The Labute approximate surface area is 185 Å². The van der Waals surface area contributed by atoms with Gasteiger partial charge in [0, 0.05) is 5.56 Å². The average molecular weight is 459 g/mol. The first kappa shape index (κ1) is 21.8. The minimum atomic E-state index is -4.61. The molecule has 5 nitrogen and oxygen atoms in total. The van der Waals surface area contributed by atoms with Crippen molar-refractivity contribution in [3.8, 4) is 5.75 Å². The molecule has 2 aromatic carbocycles. The minimum Gasteiger partial charge on any atom is -0.496 e. The van der Waals surface area contributed by atoms with Crippen LogP contribution in [0.4, 0.5) is 18.9 Å². The summed E-state index contributed by atoms with van der Waals surface area (Å²) in [6, 6.07) is 14.2. The van der Waals surface area contributed by atoms with E-state index in [4.69, 9.17) is 9.15 Å². The second-order valence-electron chi connectivity index (χ2n) is 6.77. The van der Waals surface area contributed by atoms with Crippen molar-refractivity contribution >= 4 is 34.8 Å². The number of furan rings is 1. The number of halogens is 3. The van der Waals surface area contributed by atoms with E-state index in [1.807, 2.05) is 0 Å². The molecule has 9 heteroatoms. The number of methoxy groups -OCH3 is 1. The van der Waals surface area contributed by atoms with Crippen LogP contribution in [0.25, 0.3) is 5.57 Å². The highest BCUT2D eigenvalue weighted by Gasteiger charge is 2.42. The van der Waals surface area contributed by atoms with Crippen LogP contribution in [0, 0.1) is 0 Å². The summed E-state index contributed by atoms with van der Waals surface area (Å²) in [7, 11) is 1.43. The van der Waals surface area contributed by atoms with Gasteiger partial charge in [-0.1, -0.05) is 24.3 Å². The first-order chi connectivity index (χ1) is 15.3. The second kappa shape index (κ2) is 8.58. The molecular formula is C23H16F3NO4S. The lowest BCUT2D eigenvalue weighted by Crippen LogP contribution is -2.31. The fraction of sp³-hybridized carbons (Fsp3) is 0.130. The van der Waals surface area contributed by atoms with E-state index in [9.17, 15) is 22.8 Å². The third-order valence-corrected chi connectivity index (χ3v) is 5.88. The van der Waals surface area contributed by atoms with E-state index >= 15 is 0 Å². The van der Waals surface area contributed by atoms with Gasteiger partial charge in [0.2, 0.25) is 0 Å². The number of hydrogen-bond acceptors (Lipinski definition) is 5. The predicted molar refractivity (Wildman–Crippen MR) is 114 cm³/mol. The maximum Gasteiger partial charge on any atom is 0.416 e. The number of rotatable bonds is 6. The quantitative estimate of drug-likeness (QED) is 0.454. The fourth-order valence-electron chi connectivity index (χ4n) is 3.33. The molecule has 2 amide bonds. The summed E-state index contributed by atoms with van der Waals surface area (Å²) < 4.78 is 50.3. The molecule has 0 bridgehead atoms. The van der Waals surface area contributed by atoms with Crippen LogP contribution in [-0.4, -0.2) is 18.9 Å². The van der Waals surface area contributed by atoms with Gasteiger partial charge in [-0.25, -0.2) is 4.90 Å². The van der Waals surface area contributed by atoms with Crippen LogP contribution in [0.2, 0.25) is 0 Å². The van der Waals surface area contributed by atoms with Crippen molar-refractivity contribution in [1.82, 2.24) is 0 Å². The number of carbonyl (C=O) groups is 2. The molecule has 2 heterocycles. The Bertz CT molecular complexity index is 1200. The molecule has 164 valence electrons. The van der Waals surface area contributed by atoms with Crippen LogP contribution in [0.15, 0.2) is 76.2 Å². The molecule has 0 N–H and O–H groups in total. The molecule has 0 unspecified atom stereocenters. The first-order valence-electron chi connectivity index (χ1n) is 9.40. The lowest BCUT2D eigenvalue weighted by Gasteiger charge is -2.17. The molecule has 3 aromatic rings. The summed E-state index contributed by atoms with van der Waals surface area (Å²) >= 11 is 1.08. The first-order valence-corrected chi connectivity index (χ1v) is 10.4. The molecule has 1 aliphatic heterocycles. The van der Waals surface area contributed by atoms with Gasteiger partial charge < -0.3 is 9.15 Å². The molecule has 0 spiro atoms. The lowest BCUT2D eigenvalue weighted by atomic mass is 10.0. The number of hydrogen-bond donors (Lipinski definition) is 0. The molecule has 0 atom stereocenters. The molecule has 0 saturated carbocycles. The maximum atomic E-state index is 13.4. The number of para-hydroxylation sites is 1. The summed E-state index contributed by atoms with van der Waals surface area (Å²) in [4.78, 5) is 27.6. The number of anilines is 1. The highest BCUT2D eigenvalue weighted by Crippen LogP contribution is 2.43. The molecular weight excluding hydrogens is 443 g/mol. The summed E-state index contributed by atoms with van der Waals surface area (Å²) in [6.07, 6.45) is -3.13. The zero-order chi connectivity index (χ0) is 22.9. The smallest absolute Gasteiger partial charge is 0.416 e. The van der Waals surface area contributed by atoms with E-state index in [1.165, 1.54) is 19.4 Å². The van der Waals surface area contributed by atoms with Crippen LogP contribution in [0.3, 0.4) is 0 Å². The van der Waals surface area contributed by atoms with E-state index in [-0.39, 0.29) is 21.9 Å².